The molecule has 0 spiro atoms. The van der Waals surface area contributed by atoms with Crippen LogP contribution in [0.3, 0.4) is 0 Å². The third-order valence-electron chi connectivity index (χ3n) is 5.31. The maximum absolute atomic E-state index is 14.8. The smallest absolute Gasteiger partial charge is 0.134 e. The lowest BCUT2D eigenvalue weighted by Crippen LogP contribution is -2.48. The third-order valence-corrected chi connectivity index (χ3v) is 6.20. The van der Waals surface area contributed by atoms with E-state index in [2.05, 4.69) is 53.5 Å². The van der Waals surface area contributed by atoms with Gasteiger partial charge in [-0.2, -0.15) is 0 Å². The van der Waals surface area contributed by atoms with Crippen LogP contribution in [0.1, 0.15) is 56.7 Å². The average molecular weight is 417 g/mol. The molecule has 1 atom stereocenters. The van der Waals surface area contributed by atoms with E-state index in [4.69, 9.17) is 0 Å². The number of rotatable bonds is 3. The first kappa shape index (κ1) is 19.1. The van der Waals surface area contributed by atoms with Crippen LogP contribution in [0, 0.1) is 12.7 Å². The number of aliphatic imine (C=N–C) groups is 1. The molecule has 1 aliphatic rings. The number of benzene rings is 2. The van der Waals surface area contributed by atoms with E-state index in [1.165, 1.54) is 5.56 Å². The van der Waals surface area contributed by atoms with Gasteiger partial charge in [-0.15, -0.1) is 0 Å². The van der Waals surface area contributed by atoms with Crippen molar-refractivity contribution < 1.29 is 4.39 Å². The Morgan fingerprint density at radius 2 is 2.04 bits per heavy atom. The van der Waals surface area contributed by atoms with Crippen LogP contribution in [0.4, 0.5) is 15.8 Å². The quantitative estimate of drug-likeness (QED) is 0.504. The lowest BCUT2D eigenvalue weighted by molar-refractivity contribution is 0.380. The zero-order valence-electron chi connectivity index (χ0n) is 16.1. The van der Waals surface area contributed by atoms with Gasteiger partial charge in [0.2, 0.25) is 0 Å². The Morgan fingerprint density at radius 3 is 2.69 bits per heavy atom. The summed E-state index contributed by atoms with van der Waals surface area (Å²) in [4.78, 5) is 6.79. The minimum atomic E-state index is -0.218. The van der Waals surface area contributed by atoms with Crippen LogP contribution in [0.15, 0.2) is 39.8 Å². The lowest BCUT2D eigenvalue weighted by Gasteiger charge is -2.47. The Bertz CT molecular complexity index is 857. The molecule has 0 amide bonds. The summed E-state index contributed by atoms with van der Waals surface area (Å²) in [5.41, 5.74) is 4.75. The van der Waals surface area contributed by atoms with Crippen molar-refractivity contribution in [2.75, 3.05) is 11.4 Å². The first-order valence-electron chi connectivity index (χ1n) is 9.14. The second kappa shape index (κ2) is 7.15. The monoisotopic (exact) mass is 416 g/mol. The van der Waals surface area contributed by atoms with Crippen LogP contribution >= 0.6 is 15.9 Å². The van der Waals surface area contributed by atoms with Gasteiger partial charge in [-0.1, -0.05) is 22.9 Å². The SMILES string of the molecule is CCN1c2cc(F)c(C=Nc3ccc(Br)c(C)c3)cc2C(C)CC1(C)C. The van der Waals surface area contributed by atoms with Gasteiger partial charge < -0.3 is 4.90 Å². The van der Waals surface area contributed by atoms with Gasteiger partial charge in [0, 0.05) is 34.0 Å². The molecule has 3 rings (SSSR count). The standard InChI is InChI=1S/C22H26BrFN2/c1-6-26-21-11-20(24)16(10-18(21)15(3)12-22(26,4)5)13-25-17-7-8-19(23)14(2)9-17/h7-11,13,15H,6,12H2,1-5H3. The highest BCUT2D eigenvalue weighted by molar-refractivity contribution is 9.10. The van der Waals surface area contributed by atoms with Gasteiger partial charge in [0.1, 0.15) is 5.82 Å². The number of anilines is 1. The van der Waals surface area contributed by atoms with Gasteiger partial charge in [0.15, 0.2) is 0 Å². The molecule has 0 radical (unpaired) electrons. The molecule has 0 aromatic heterocycles. The highest BCUT2D eigenvalue weighted by Crippen LogP contribution is 2.43. The van der Waals surface area contributed by atoms with Gasteiger partial charge in [-0.25, -0.2) is 4.39 Å². The molecule has 138 valence electrons. The normalized spacial score (nSPS) is 19.0. The van der Waals surface area contributed by atoms with Crippen molar-refractivity contribution in [3.05, 3.63) is 57.3 Å². The molecule has 26 heavy (non-hydrogen) atoms. The van der Waals surface area contributed by atoms with Crippen molar-refractivity contribution in [1.29, 1.82) is 0 Å². The number of hydrogen-bond acceptors (Lipinski definition) is 2. The number of halogens is 2. The Hall–Kier alpha value is -1.68. The summed E-state index contributed by atoms with van der Waals surface area (Å²) in [6.45, 7) is 11.7. The van der Waals surface area contributed by atoms with E-state index in [1.807, 2.05) is 31.2 Å². The second-order valence-electron chi connectivity index (χ2n) is 7.79. The molecule has 0 fully saturated rings. The third kappa shape index (κ3) is 3.57. The molecule has 0 aliphatic carbocycles. The summed E-state index contributed by atoms with van der Waals surface area (Å²) in [6, 6.07) is 9.54. The molecule has 0 saturated carbocycles. The van der Waals surface area contributed by atoms with Crippen molar-refractivity contribution in [2.24, 2.45) is 4.99 Å². The molecular formula is C22H26BrFN2. The molecule has 0 N–H and O–H groups in total. The maximum atomic E-state index is 14.8. The Balaban J connectivity index is 1.99. The van der Waals surface area contributed by atoms with Gasteiger partial charge >= 0.3 is 0 Å². The summed E-state index contributed by atoms with van der Waals surface area (Å²) in [7, 11) is 0. The fourth-order valence-corrected chi connectivity index (χ4v) is 4.32. The Morgan fingerprint density at radius 1 is 1.31 bits per heavy atom. The van der Waals surface area contributed by atoms with Crippen LogP contribution in [0.2, 0.25) is 0 Å². The molecule has 2 nitrogen and oxygen atoms in total. The molecular weight excluding hydrogens is 391 g/mol. The van der Waals surface area contributed by atoms with Crippen LogP contribution in [0.5, 0.6) is 0 Å². The van der Waals surface area contributed by atoms with Crippen molar-refractivity contribution in [3.63, 3.8) is 0 Å². The molecule has 0 bridgehead atoms. The largest absolute Gasteiger partial charge is 0.366 e. The highest BCUT2D eigenvalue weighted by atomic mass is 79.9. The highest BCUT2D eigenvalue weighted by Gasteiger charge is 2.36. The minimum Gasteiger partial charge on any atom is -0.366 e. The Labute approximate surface area is 164 Å². The van der Waals surface area contributed by atoms with Crippen molar-refractivity contribution >= 4 is 33.5 Å². The van der Waals surface area contributed by atoms with E-state index >= 15 is 0 Å². The predicted octanol–water partition coefficient (Wildman–Crippen LogP) is 6.76. The summed E-state index contributed by atoms with van der Waals surface area (Å²) >= 11 is 3.49. The van der Waals surface area contributed by atoms with E-state index in [-0.39, 0.29) is 11.4 Å². The first-order chi connectivity index (χ1) is 12.2. The fraction of sp³-hybridized carbons (Fsp3) is 0.409. The zero-order valence-corrected chi connectivity index (χ0v) is 17.7. The molecule has 0 saturated heterocycles. The second-order valence-corrected chi connectivity index (χ2v) is 8.64. The van der Waals surface area contributed by atoms with Crippen LogP contribution in [-0.2, 0) is 0 Å². The predicted molar refractivity (Wildman–Crippen MR) is 113 cm³/mol. The summed E-state index contributed by atoms with van der Waals surface area (Å²) < 4.78 is 15.8. The van der Waals surface area contributed by atoms with Crippen molar-refractivity contribution in [3.8, 4) is 0 Å². The van der Waals surface area contributed by atoms with Crippen LogP contribution in [0.25, 0.3) is 0 Å². The summed E-state index contributed by atoms with van der Waals surface area (Å²) in [6.07, 6.45) is 2.70. The minimum absolute atomic E-state index is 0.0398. The molecule has 4 heteroatoms. The van der Waals surface area contributed by atoms with E-state index in [0.29, 0.717) is 11.5 Å². The van der Waals surface area contributed by atoms with Crippen LogP contribution in [-0.4, -0.2) is 18.3 Å². The molecule has 1 aliphatic heterocycles. The van der Waals surface area contributed by atoms with Gasteiger partial charge in [-0.3, -0.25) is 4.99 Å². The van der Waals surface area contributed by atoms with E-state index < -0.39 is 0 Å². The number of hydrogen-bond donors (Lipinski definition) is 0. The molecule has 2 aromatic rings. The lowest BCUT2D eigenvalue weighted by atomic mass is 9.79. The van der Waals surface area contributed by atoms with Gasteiger partial charge in [0.05, 0.1) is 5.69 Å². The van der Waals surface area contributed by atoms with E-state index in [9.17, 15) is 4.39 Å². The average Bonchev–Trinajstić information content (AvgIpc) is 2.56. The molecule has 2 aromatic carbocycles. The summed E-state index contributed by atoms with van der Waals surface area (Å²) in [5.74, 6) is 0.176. The topological polar surface area (TPSA) is 15.6 Å². The van der Waals surface area contributed by atoms with Gasteiger partial charge in [-0.05, 0) is 81.5 Å². The number of aryl methyl sites for hydroxylation is 1. The number of fused-ring (bicyclic) bond motifs is 1. The molecule has 1 unspecified atom stereocenters. The van der Waals surface area contributed by atoms with Crippen molar-refractivity contribution in [1.82, 2.24) is 0 Å². The van der Waals surface area contributed by atoms with Crippen molar-refractivity contribution in [2.45, 2.75) is 52.5 Å². The van der Waals surface area contributed by atoms with Crippen LogP contribution < -0.4 is 4.90 Å². The molecule has 1 heterocycles. The summed E-state index contributed by atoms with van der Waals surface area (Å²) in [5, 5.41) is 0. The van der Waals surface area contributed by atoms with E-state index in [0.717, 1.165) is 34.4 Å². The zero-order chi connectivity index (χ0) is 19.1. The first-order valence-corrected chi connectivity index (χ1v) is 9.93. The van der Waals surface area contributed by atoms with Gasteiger partial charge in [0.25, 0.3) is 0 Å². The maximum Gasteiger partial charge on any atom is 0.134 e. The van der Waals surface area contributed by atoms with E-state index in [1.54, 1.807) is 12.3 Å². The Kier molecular flexibility index (Phi) is 5.25. The number of nitrogens with zero attached hydrogens (tertiary/aromatic N) is 2. The fourth-order valence-electron chi connectivity index (χ4n) is 4.07.